The minimum absolute atomic E-state index is 0.00403. The fourth-order valence-electron chi connectivity index (χ4n) is 7.03. The number of amides is 6. The second-order valence-corrected chi connectivity index (χ2v) is 16.0. The number of hydrazine groups is 1. The number of aryl methyl sites for hydroxylation is 2. The van der Waals surface area contributed by atoms with Crippen molar-refractivity contribution in [1.82, 2.24) is 19.9 Å². The zero-order chi connectivity index (χ0) is 44.5. The van der Waals surface area contributed by atoms with Gasteiger partial charge in [-0.2, -0.15) is 10.0 Å². The molecule has 0 spiro atoms. The van der Waals surface area contributed by atoms with E-state index in [1.165, 1.54) is 50.5 Å². The van der Waals surface area contributed by atoms with Gasteiger partial charge in [0.15, 0.2) is 5.13 Å². The highest BCUT2D eigenvalue weighted by atomic mass is 32.1. The molecule has 0 saturated carbocycles. The maximum atomic E-state index is 15.0. The van der Waals surface area contributed by atoms with E-state index in [-0.39, 0.29) is 29.9 Å². The molecule has 1 N–H and O–H groups in total. The second-order valence-electron chi connectivity index (χ2n) is 14.9. The van der Waals surface area contributed by atoms with Gasteiger partial charge in [0, 0.05) is 43.6 Å². The van der Waals surface area contributed by atoms with E-state index in [1.54, 1.807) is 30.3 Å². The summed E-state index contributed by atoms with van der Waals surface area (Å²) in [6.45, 7) is 12.5. The number of aromatic nitrogens is 1. The van der Waals surface area contributed by atoms with E-state index in [0.29, 0.717) is 61.2 Å². The summed E-state index contributed by atoms with van der Waals surface area (Å²) in [6, 6.07) is 18.5. The lowest BCUT2D eigenvalue weighted by Crippen LogP contribution is -2.58. The van der Waals surface area contributed by atoms with Crippen LogP contribution in [0, 0.1) is 13.8 Å². The summed E-state index contributed by atoms with van der Waals surface area (Å²) in [5, 5.41) is 12.1. The molecular weight excluding hydrogens is 795 g/mol. The van der Waals surface area contributed by atoms with Gasteiger partial charge >= 0.3 is 0 Å². The minimum Gasteiger partial charge on any atom is -0.496 e. The molecule has 3 aromatic carbocycles. The highest BCUT2D eigenvalue weighted by Gasteiger charge is 2.46. The fourth-order valence-corrected chi connectivity index (χ4v) is 8.10. The number of aliphatic hydroxyl groups is 1. The Kier molecular flexibility index (Phi) is 15.3. The van der Waals surface area contributed by atoms with Crippen LogP contribution in [0.2, 0.25) is 0 Å². The van der Waals surface area contributed by atoms with E-state index in [1.807, 2.05) is 38.1 Å². The predicted octanol–water partition coefficient (Wildman–Crippen LogP) is 7.58. The molecule has 4 aromatic rings. The van der Waals surface area contributed by atoms with Crippen LogP contribution in [0.1, 0.15) is 97.8 Å². The summed E-state index contributed by atoms with van der Waals surface area (Å²) in [6.07, 6.45) is 5.14. The Balaban J connectivity index is 1.83. The van der Waals surface area contributed by atoms with E-state index in [4.69, 9.17) is 9.72 Å². The Morgan fingerprint density at radius 1 is 0.836 bits per heavy atom. The van der Waals surface area contributed by atoms with E-state index < -0.39 is 41.0 Å². The molecule has 0 saturated heterocycles. The standard InChI is InChI=1S/C47H53N5O8S/c1-9-11-22-49(23-12-10-2)47-48-42(41-36(28-53)24-30(4)25-38(41)60-8)39(61-47)26-37-31(5)40(45(58)50(32(6)54)27-34-20-18-29(3)19-21-34)46(59)52(44(37)57)51(33(7)55)43(56)35-16-14-13-15-17-35/h13-21,24-26,53H,9-12,22-23,27-28H2,1-8H3/b37-26-. The summed E-state index contributed by atoms with van der Waals surface area (Å²) >= 11 is 1.27. The van der Waals surface area contributed by atoms with E-state index in [9.17, 15) is 33.9 Å². The third-order valence-electron chi connectivity index (χ3n) is 10.3. The quantitative estimate of drug-likeness (QED) is 0.0677. The van der Waals surface area contributed by atoms with Crippen LogP contribution in [-0.2, 0) is 37.1 Å². The molecule has 0 aliphatic carbocycles. The molecule has 320 valence electrons. The molecule has 13 nitrogen and oxygen atoms in total. The molecule has 14 heteroatoms. The number of ether oxygens (including phenoxy) is 1. The van der Waals surface area contributed by atoms with Gasteiger partial charge in [0.2, 0.25) is 11.8 Å². The fraction of sp³-hybridized carbons (Fsp3) is 0.340. The van der Waals surface area contributed by atoms with Crippen molar-refractivity contribution < 1.29 is 38.6 Å². The van der Waals surface area contributed by atoms with Crippen LogP contribution >= 0.6 is 11.3 Å². The second kappa shape index (κ2) is 20.3. The maximum Gasteiger partial charge on any atom is 0.286 e. The van der Waals surface area contributed by atoms with Crippen molar-refractivity contribution in [3.8, 4) is 17.0 Å². The first-order chi connectivity index (χ1) is 29.2. The molecule has 1 aliphatic rings. The number of nitrogens with zero attached hydrogens (tertiary/aromatic N) is 5. The predicted molar refractivity (Wildman–Crippen MR) is 235 cm³/mol. The molecule has 5 rings (SSSR count). The van der Waals surface area contributed by atoms with Crippen LogP contribution in [0.5, 0.6) is 5.75 Å². The largest absolute Gasteiger partial charge is 0.496 e. The third-order valence-corrected chi connectivity index (χ3v) is 11.4. The zero-order valence-electron chi connectivity index (χ0n) is 36.0. The number of rotatable bonds is 16. The van der Waals surface area contributed by atoms with Gasteiger partial charge < -0.3 is 14.7 Å². The zero-order valence-corrected chi connectivity index (χ0v) is 36.9. The third kappa shape index (κ3) is 10.0. The molecule has 0 atom stereocenters. The maximum absolute atomic E-state index is 15.0. The molecule has 0 radical (unpaired) electrons. The number of methoxy groups -OCH3 is 1. The topological polar surface area (TPSA) is 158 Å². The lowest BCUT2D eigenvalue weighted by molar-refractivity contribution is -0.164. The lowest BCUT2D eigenvalue weighted by atomic mass is 9.92. The number of carbonyl (C=O) groups excluding carboxylic acids is 6. The number of carbonyl (C=O) groups is 6. The molecular formula is C47H53N5O8S. The Hall–Kier alpha value is -6.25. The Morgan fingerprint density at radius 3 is 2.03 bits per heavy atom. The molecule has 6 amide bonds. The number of unbranched alkanes of at least 4 members (excludes halogenated alkanes) is 2. The minimum atomic E-state index is -1.25. The number of benzene rings is 3. The molecule has 0 unspecified atom stereocenters. The van der Waals surface area contributed by atoms with Gasteiger partial charge in [-0.05, 0) is 80.2 Å². The Morgan fingerprint density at radius 2 is 1.48 bits per heavy atom. The van der Waals surface area contributed by atoms with E-state index >= 15 is 0 Å². The van der Waals surface area contributed by atoms with Gasteiger partial charge in [-0.3, -0.25) is 33.7 Å². The summed E-state index contributed by atoms with van der Waals surface area (Å²) in [5.41, 5.74) is 2.92. The highest BCUT2D eigenvalue weighted by Crippen LogP contribution is 2.43. The van der Waals surface area contributed by atoms with E-state index in [2.05, 4.69) is 18.7 Å². The Labute approximate surface area is 360 Å². The number of aliphatic hydroxyl groups excluding tert-OH is 1. The first-order valence-electron chi connectivity index (χ1n) is 20.3. The van der Waals surface area contributed by atoms with Crippen molar-refractivity contribution in [3.05, 3.63) is 116 Å². The van der Waals surface area contributed by atoms with Gasteiger partial charge in [-0.1, -0.05) is 92.1 Å². The van der Waals surface area contributed by atoms with Crippen molar-refractivity contribution >= 4 is 58.0 Å². The molecule has 1 aliphatic heterocycles. The molecule has 0 fully saturated rings. The van der Waals surface area contributed by atoms with Crippen molar-refractivity contribution in [2.75, 3.05) is 25.1 Å². The highest BCUT2D eigenvalue weighted by molar-refractivity contribution is 7.17. The van der Waals surface area contributed by atoms with Crippen molar-refractivity contribution in [1.29, 1.82) is 0 Å². The van der Waals surface area contributed by atoms with Crippen molar-refractivity contribution in [2.45, 2.75) is 87.3 Å². The normalized spacial score (nSPS) is 13.5. The van der Waals surface area contributed by atoms with Crippen molar-refractivity contribution in [2.24, 2.45) is 0 Å². The smallest absolute Gasteiger partial charge is 0.286 e. The van der Waals surface area contributed by atoms with Gasteiger partial charge in [0.1, 0.15) is 11.3 Å². The Bertz CT molecular complexity index is 2350. The summed E-state index contributed by atoms with van der Waals surface area (Å²) in [7, 11) is 1.51. The number of hydrogen-bond donors (Lipinski definition) is 1. The SMILES string of the molecule is CCCCN(CCCC)c1nc(-c2c(CO)cc(C)cc2OC)c(/C=C2\C(=O)N(N(C(C)=O)C(=O)c3ccccc3)C(=O)C(C(=O)N(Cc3ccc(C)cc3)C(C)=O)=C2C)s1. The summed E-state index contributed by atoms with van der Waals surface area (Å²) in [4.78, 5) is 93.8. The number of thiazole rings is 1. The average molecular weight is 848 g/mol. The first kappa shape index (κ1) is 45.8. The first-order valence-corrected chi connectivity index (χ1v) is 21.1. The molecule has 61 heavy (non-hydrogen) atoms. The number of imide groups is 3. The monoisotopic (exact) mass is 847 g/mol. The van der Waals surface area contributed by atoms with Gasteiger partial charge in [0.05, 0.1) is 30.8 Å². The number of hydrogen-bond acceptors (Lipinski definition) is 11. The molecule has 0 bridgehead atoms. The van der Waals surface area contributed by atoms with Gasteiger partial charge in [-0.25, -0.2) is 4.98 Å². The van der Waals surface area contributed by atoms with E-state index in [0.717, 1.165) is 48.6 Å². The van der Waals surface area contributed by atoms with Crippen LogP contribution in [0.4, 0.5) is 5.13 Å². The van der Waals surface area contributed by atoms with Gasteiger partial charge in [-0.15, -0.1) is 0 Å². The van der Waals surface area contributed by atoms with Gasteiger partial charge in [0.25, 0.3) is 23.6 Å². The van der Waals surface area contributed by atoms with Crippen LogP contribution in [0.15, 0.2) is 83.4 Å². The molecule has 1 aromatic heterocycles. The summed E-state index contributed by atoms with van der Waals surface area (Å²) < 4.78 is 5.85. The average Bonchev–Trinajstić information content (AvgIpc) is 3.65. The van der Waals surface area contributed by atoms with Crippen LogP contribution in [0.25, 0.3) is 17.3 Å². The molecule has 2 heterocycles. The lowest BCUT2D eigenvalue weighted by Gasteiger charge is -2.36. The van der Waals surface area contributed by atoms with Crippen molar-refractivity contribution in [3.63, 3.8) is 0 Å². The van der Waals surface area contributed by atoms with Crippen LogP contribution < -0.4 is 9.64 Å². The van der Waals surface area contributed by atoms with Crippen LogP contribution in [-0.4, -0.2) is 80.7 Å². The number of anilines is 1. The van der Waals surface area contributed by atoms with Crippen LogP contribution in [0.3, 0.4) is 0 Å². The summed E-state index contributed by atoms with van der Waals surface area (Å²) in [5.74, 6) is -5.53.